The van der Waals surface area contributed by atoms with Crippen molar-refractivity contribution in [1.29, 1.82) is 0 Å². The van der Waals surface area contributed by atoms with Crippen molar-refractivity contribution in [3.8, 4) is 0 Å². The van der Waals surface area contributed by atoms with Gasteiger partial charge < -0.3 is 12.8 Å². The zero-order valence-corrected chi connectivity index (χ0v) is 6.25. The van der Waals surface area contributed by atoms with Gasteiger partial charge in [0, 0.05) is 13.1 Å². The Bertz CT molecular complexity index is 63.2. The van der Waals surface area contributed by atoms with Gasteiger partial charge in [-0.15, -0.1) is 0 Å². The Labute approximate surface area is 67.7 Å². The van der Waals surface area contributed by atoms with Crippen LogP contribution in [-0.4, -0.2) is 59.6 Å². The van der Waals surface area contributed by atoms with Gasteiger partial charge in [0.15, 0.2) is 0 Å². The zero-order chi connectivity index (χ0) is 5.11. The molecule has 4 heteroatoms. The molecule has 0 radical (unpaired) electrons. The molecular weight excluding hydrogens is 118 g/mol. The maximum absolute atomic E-state index is 8.66. The monoisotopic (exact) mass is 129 g/mol. The second-order valence-electron chi connectivity index (χ2n) is 1.57. The van der Waals surface area contributed by atoms with E-state index in [1.165, 1.54) is 5.06 Å². The van der Waals surface area contributed by atoms with E-state index >= 15 is 0 Å². The van der Waals surface area contributed by atoms with Gasteiger partial charge in [-0.2, -0.15) is 5.06 Å². The van der Waals surface area contributed by atoms with Crippen molar-refractivity contribution in [3.05, 3.63) is 0 Å². The van der Waals surface area contributed by atoms with Crippen LogP contribution in [0.5, 0.6) is 0 Å². The third-order valence-electron chi connectivity index (χ3n) is 0.987. The van der Waals surface area contributed by atoms with Crippen molar-refractivity contribution in [2.75, 3.05) is 26.3 Å². The largest absolute Gasteiger partial charge is 2.00 e. The average molecular weight is 129 g/mol. The number of rotatable bonds is 0. The van der Waals surface area contributed by atoms with Crippen molar-refractivity contribution >= 4 is 23.1 Å². The van der Waals surface area contributed by atoms with Gasteiger partial charge in [-0.3, -0.25) is 0 Å². The first-order valence-corrected chi connectivity index (χ1v) is 2.41. The molecule has 0 saturated carbocycles. The van der Waals surface area contributed by atoms with E-state index in [1.807, 2.05) is 0 Å². The van der Waals surface area contributed by atoms with E-state index in [9.17, 15) is 0 Å². The van der Waals surface area contributed by atoms with Gasteiger partial charge in [-0.05, 0) is 0 Å². The zero-order valence-electron chi connectivity index (χ0n) is 6.84. The third-order valence-corrected chi connectivity index (χ3v) is 0.987. The van der Waals surface area contributed by atoms with Gasteiger partial charge in [-0.1, -0.05) is 0 Å². The van der Waals surface area contributed by atoms with Crippen LogP contribution in [0.2, 0.25) is 0 Å². The molecule has 1 saturated heterocycles. The smallest absolute Gasteiger partial charge is 1.00 e. The summed E-state index contributed by atoms with van der Waals surface area (Å²) in [5.41, 5.74) is 0. The molecule has 1 N–H and O–H groups in total. The quantitative estimate of drug-likeness (QED) is 0.450. The SMILES string of the molecule is ON1CCOCC1.[H-].[H-].[Mg+2]. The van der Waals surface area contributed by atoms with Crippen LogP contribution in [0.1, 0.15) is 2.85 Å². The number of morpholine rings is 1. The fourth-order valence-electron chi connectivity index (χ4n) is 0.554. The molecule has 0 bridgehead atoms. The van der Waals surface area contributed by atoms with Crippen LogP contribution in [-0.2, 0) is 4.74 Å². The van der Waals surface area contributed by atoms with Gasteiger partial charge in [0.05, 0.1) is 13.2 Å². The van der Waals surface area contributed by atoms with E-state index in [4.69, 9.17) is 9.94 Å². The molecule has 1 rings (SSSR count). The van der Waals surface area contributed by atoms with Gasteiger partial charge in [-0.25, -0.2) is 0 Å². The molecule has 0 aromatic rings. The number of hydrogen-bond acceptors (Lipinski definition) is 3. The van der Waals surface area contributed by atoms with Crippen molar-refractivity contribution in [1.82, 2.24) is 5.06 Å². The molecule has 1 heterocycles. The minimum atomic E-state index is 0. The van der Waals surface area contributed by atoms with Crippen LogP contribution in [0, 0.1) is 0 Å². The summed E-state index contributed by atoms with van der Waals surface area (Å²) in [4.78, 5) is 0. The second-order valence-corrected chi connectivity index (χ2v) is 1.57. The maximum atomic E-state index is 8.66. The van der Waals surface area contributed by atoms with Crippen LogP contribution < -0.4 is 0 Å². The summed E-state index contributed by atoms with van der Waals surface area (Å²) in [6.07, 6.45) is 0. The van der Waals surface area contributed by atoms with Gasteiger partial charge >= 0.3 is 23.1 Å². The van der Waals surface area contributed by atoms with Gasteiger partial charge in [0.25, 0.3) is 0 Å². The minimum absolute atomic E-state index is 0. The Morgan fingerprint density at radius 3 is 2.12 bits per heavy atom. The van der Waals surface area contributed by atoms with Crippen molar-refractivity contribution < 1.29 is 12.8 Å². The fraction of sp³-hybridized carbons (Fsp3) is 1.00. The third kappa shape index (κ3) is 2.83. The normalized spacial score (nSPS) is 22.1. The molecule has 8 heavy (non-hydrogen) atoms. The Morgan fingerprint density at radius 2 is 1.88 bits per heavy atom. The van der Waals surface area contributed by atoms with Crippen LogP contribution in [0.4, 0.5) is 0 Å². The summed E-state index contributed by atoms with van der Waals surface area (Å²) in [5.74, 6) is 0. The molecule has 0 unspecified atom stereocenters. The number of hydroxylamine groups is 2. The first-order chi connectivity index (χ1) is 3.39. The van der Waals surface area contributed by atoms with Gasteiger partial charge in [0.1, 0.15) is 0 Å². The summed E-state index contributed by atoms with van der Waals surface area (Å²) < 4.78 is 4.94. The molecule has 3 nitrogen and oxygen atoms in total. The maximum Gasteiger partial charge on any atom is 2.00 e. The number of nitrogens with zero attached hydrogens (tertiary/aromatic N) is 1. The topological polar surface area (TPSA) is 32.7 Å². The molecule has 0 aromatic carbocycles. The van der Waals surface area contributed by atoms with Crippen molar-refractivity contribution in [2.45, 2.75) is 0 Å². The fourth-order valence-corrected chi connectivity index (χ4v) is 0.554. The Balaban J connectivity index is -0.000000163. The van der Waals surface area contributed by atoms with E-state index in [1.54, 1.807) is 0 Å². The molecular formula is C4H11MgNO2. The Hall–Kier alpha value is 0.646. The molecule has 0 aromatic heterocycles. The predicted molar refractivity (Wildman–Crippen MR) is 32.2 cm³/mol. The molecule has 1 aliphatic heterocycles. The molecule has 0 aliphatic carbocycles. The van der Waals surface area contributed by atoms with E-state index in [0.717, 1.165) is 0 Å². The number of hydrogen-bond donors (Lipinski definition) is 1. The van der Waals surface area contributed by atoms with E-state index in [0.29, 0.717) is 26.3 Å². The van der Waals surface area contributed by atoms with Crippen LogP contribution in [0.15, 0.2) is 0 Å². The Kier molecular flexibility index (Phi) is 4.88. The standard InChI is InChI=1S/C4H9NO2.Mg.2H/c6-5-1-3-7-4-2-5;;;/h6H,1-4H2;;;/q;+2;2*-1. The molecule has 46 valence electrons. The molecule has 0 spiro atoms. The van der Waals surface area contributed by atoms with E-state index < -0.39 is 0 Å². The number of ether oxygens (including phenoxy) is 1. The van der Waals surface area contributed by atoms with E-state index in [2.05, 4.69) is 0 Å². The summed E-state index contributed by atoms with van der Waals surface area (Å²) in [7, 11) is 0. The summed E-state index contributed by atoms with van der Waals surface area (Å²) in [6, 6.07) is 0. The first kappa shape index (κ1) is 8.65. The first-order valence-electron chi connectivity index (χ1n) is 2.41. The molecule has 0 atom stereocenters. The summed E-state index contributed by atoms with van der Waals surface area (Å²) in [5, 5.41) is 9.93. The van der Waals surface area contributed by atoms with Crippen LogP contribution >= 0.6 is 0 Å². The van der Waals surface area contributed by atoms with Crippen LogP contribution in [0.3, 0.4) is 0 Å². The van der Waals surface area contributed by atoms with Crippen molar-refractivity contribution in [2.24, 2.45) is 0 Å². The van der Waals surface area contributed by atoms with Crippen LogP contribution in [0.25, 0.3) is 0 Å². The molecule has 0 amide bonds. The average Bonchev–Trinajstić information content (AvgIpc) is 1.69. The minimum Gasteiger partial charge on any atom is -1.00 e. The summed E-state index contributed by atoms with van der Waals surface area (Å²) in [6.45, 7) is 2.63. The second kappa shape index (κ2) is 4.52. The predicted octanol–water partition coefficient (Wildman–Crippen LogP) is -0.448. The molecule has 1 aliphatic rings. The Morgan fingerprint density at radius 1 is 1.38 bits per heavy atom. The summed E-state index contributed by atoms with van der Waals surface area (Å²) >= 11 is 0. The molecule has 1 fully saturated rings. The van der Waals surface area contributed by atoms with Crippen molar-refractivity contribution in [3.63, 3.8) is 0 Å². The van der Waals surface area contributed by atoms with E-state index in [-0.39, 0.29) is 25.9 Å². The van der Waals surface area contributed by atoms with Gasteiger partial charge in [0.2, 0.25) is 0 Å².